The maximum absolute atomic E-state index is 6.13. The van der Waals surface area contributed by atoms with Crippen LogP contribution in [0.2, 0.25) is 0 Å². The van der Waals surface area contributed by atoms with Gasteiger partial charge in [0.1, 0.15) is 5.82 Å². The maximum Gasteiger partial charge on any atom is 0.128 e. The van der Waals surface area contributed by atoms with E-state index >= 15 is 0 Å². The standard InChI is InChI=1S/C14H23N3/c1-11(2)12-4-5-13(16-10-12)17-8-6-14(3,15)7-9-17/h4-5,10-11H,6-9,15H2,1-3H3. The summed E-state index contributed by atoms with van der Waals surface area (Å²) in [6, 6.07) is 4.32. The van der Waals surface area contributed by atoms with Crippen LogP contribution >= 0.6 is 0 Å². The van der Waals surface area contributed by atoms with Gasteiger partial charge in [-0.3, -0.25) is 0 Å². The Hall–Kier alpha value is -1.09. The highest BCUT2D eigenvalue weighted by molar-refractivity contribution is 5.40. The van der Waals surface area contributed by atoms with Crippen LogP contribution in [0.5, 0.6) is 0 Å². The summed E-state index contributed by atoms with van der Waals surface area (Å²) in [6.45, 7) is 8.55. The highest BCUT2D eigenvalue weighted by atomic mass is 15.2. The lowest BCUT2D eigenvalue weighted by molar-refractivity contribution is 0.363. The van der Waals surface area contributed by atoms with Gasteiger partial charge >= 0.3 is 0 Å². The SMILES string of the molecule is CC(C)c1ccc(N2CCC(C)(N)CC2)nc1. The van der Waals surface area contributed by atoms with Crippen molar-refractivity contribution in [3.05, 3.63) is 23.9 Å². The molecule has 0 bridgehead atoms. The van der Waals surface area contributed by atoms with Crippen molar-refractivity contribution in [3.63, 3.8) is 0 Å². The highest BCUT2D eigenvalue weighted by Gasteiger charge is 2.26. The molecule has 1 aromatic rings. The van der Waals surface area contributed by atoms with E-state index in [9.17, 15) is 0 Å². The number of hydrogen-bond donors (Lipinski definition) is 1. The van der Waals surface area contributed by atoms with Crippen LogP contribution < -0.4 is 10.6 Å². The average Bonchev–Trinajstić information content (AvgIpc) is 2.29. The fourth-order valence-electron chi connectivity index (χ4n) is 2.17. The lowest BCUT2D eigenvalue weighted by Gasteiger charge is -2.37. The van der Waals surface area contributed by atoms with E-state index in [0.29, 0.717) is 5.92 Å². The molecule has 2 N–H and O–H groups in total. The third-order valence-electron chi connectivity index (χ3n) is 3.67. The Balaban J connectivity index is 2.04. The van der Waals surface area contributed by atoms with Crippen molar-refractivity contribution < 1.29 is 0 Å². The average molecular weight is 233 g/mol. The van der Waals surface area contributed by atoms with E-state index in [-0.39, 0.29) is 5.54 Å². The van der Waals surface area contributed by atoms with Crippen molar-refractivity contribution >= 4 is 5.82 Å². The van der Waals surface area contributed by atoms with Crippen LogP contribution in [0.15, 0.2) is 18.3 Å². The Kier molecular flexibility index (Phi) is 3.38. The van der Waals surface area contributed by atoms with Gasteiger partial charge in [-0.2, -0.15) is 0 Å². The summed E-state index contributed by atoms with van der Waals surface area (Å²) in [5.74, 6) is 1.63. The minimum absolute atomic E-state index is 0.00831. The molecule has 1 aromatic heterocycles. The topological polar surface area (TPSA) is 42.1 Å². The van der Waals surface area contributed by atoms with Crippen LogP contribution in [0.4, 0.5) is 5.82 Å². The number of anilines is 1. The number of aromatic nitrogens is 1. The van der Waals surface area contributed by atoms with Crippen LogP contribution in [0.25, 0.3) is 0 Å². The minimum Gasteiger partial charge on any atom is -0.356 e. The van der Waals surface area contributed by atoms with Crippen LogP contribution in [-0.4, -0.2) is 23.6 Å². The second-order valence-corrected chi connectivity index (χ2v) is 5.75. The van der Waals surface area contributed by atoms with Crippen LogP contribution in [0.3, 0.4) is 0 Å². The van der Waals surface area contributed by atoms with E-state index in [2.05, 4.69) is 42.8 Å². The number of nitrogens with zero attached hydrogens (tertiary/aromatic N) is 2. The third-order valence-corrected chi connectivity index (χ3v) is 3.67. The quantitative estimate of drug-likeness (QED) is 0.853. The molecule has 0 spiro atoms. The summed E-state index contributed by atoms with van der Waals surface area (Å²) >= 11 is 0. The first kappa shape index (κ1) is 12.4. The second kappa shape index (κ2) is 4.65. The molecule has 0 unspecified atom stereocenters. The number of hydrogen-bond acceptors (Lipinski definition) is 3. The van der Waals surface area contributed by atoms with Crippen molar-refractivity contribution in [2.24, 2.45) is 5.73 Å². The zero-order chi connectivity index (χ0) is 12.5. The molecule has 2 heterocycles. The fourth-order valence-corrected chi connectivity index (χ4v) is 2.17. The van der Waals surface area contributed by atoms with Gasteiger partial charge in [-0.25, -0.2) is 4.98 Å². The Morgan fingerprint density at radius 2 is 1.94 bits per heavy atom. The zero-order valence-electron chi connectivity index (χ0n) is 11.1. The first-order valence-electron chi connectivity index (χ1n) is 6.48. The van der Waals surface area contributed by atoms with E-state index in [1.807, 2.05) is 6.20 Å². The lowest BCUT2D eigenvalue weighted by Crippen LogP contribution is -2.48. The van der Waals surface area contributed by atoms with Crippen molar-refractivity contribution in [2.45, 2.75) is 45.1 Å². The Bertz CT molecular complexity index is 358. The summed E-state index contributed by atoms with van der Waals surface area (Å²) in [5, 5.41) is 0. The molecule has 1 fully saturated rings. The van der Waals surface area contributed by atoms with Gasteiger partial charge in [0.05, 0.1) is 0 Å². The van der Waals surface area contributed by atoms with Crippen LogP contribution in [0.1, 0.15) is 45.1 Å². The van der Waals surface area contributed by atoms with E-state index in [1.54, 1.807) is 0 Å². The van der Waals surface area contributed by atoms with E-state index in [4.69, 9.17) is 5.73 Å². The normalized spacial score (nSPS) is 19.7. The summed E-state index contributed by atoms with van der Waals surface area (Å²) in [7, 11) is 0. The molecule has 1 aliphatic heterocycles. The Morgan fingerprint density at radius 1 is 1.29 bits per heavy atom. The van der Waals surface area contributed by atoms with Crippen molar-refractivity contribution in [3.8, 4) is 0 Å². The maximum atomic E-state index is 6.13. The van der Waals surface area contributed by atoms with Crippen molar-refractivity contribution in [1.82, 2.24) is 4.98 Å². The Morgan fingerprint density at radius 3 is 2.41 bits per heavy atom. The molecule has 3 nitrogen and oxygen atoms in total. The molecule has 3 heteroatoms. The van der Waals surface area contributed by atoms with Crippen molar-refractivity contribution in [1.29, 1.82) is 0 Å². The van der Waals surface area contributed by atoms with Gasteiger partial charge in [0, 0.05) is 24.8 Å². The second-order valence-electron chi connectivity index (χ2n) is 5.75. The van der Waals surface area contributed by atoms with E-state index in [1.165, 1.54) is 5.56 Å². The molecule has 0 saturated carbocycles. The predicted octanol–water partition coefficient (Wildman–Crippen LogP) is 2.52. The molecule has 0 radical (unpaired) electrons. The smallest absolute Gasteiger partial charge is 0.128 e. The number of pyridine rings is 1. The van der Waals surface area contributed by atoms with Crippen LogP contribution in [0, 0.1) is 0 Å². The minimum atomic E-state index is 0.00831. The molecule has 17 heavy (non-hydrogen) atoms. The van der Waals surface area contributed by atoms with Crippen molar-refractivity contribution in [2.75, 3.05) is 18.0 Å². The van der Waals surface area contributed by atoms with Gasteiger partial charge in [-0.05, 0) is 37.3 Å². The fraction of sp³-hybridized carbons (Fsp3) is 0.643. The monoisotopic (exact) mass is 233 g/mol. The lowest BCUT2D eigenvalue weighted by atomic mass is 9.91. The first-order chi connectivity index (χ1) is 7.98. The van der Waals surface area contributed by atoms with E-state index in [0.717, 1.165) is 31.7 Å². The summed E-state index contributed by atoms with van der Waals surface area (Å²) in [6.07, 6.45) is 4.08. The molecule has 1 aliphatic rings. The van der Waals surface area contributed by atoms with Gasteiger partial charge in [0.15, 0.2) is 0 Å². The Labute approximate surface area is 104 Å². The van der Waals surface area contributed by atoms with Gasteiger partial charge in [-0.15, -0.1) is 0 Å². The molecule has 2 rings (SSSR count). The van der Waals surface area contributed by atoms with Gasteiger partial charge in [-0.1, -0.05) is 19.9 Å². The summed E-state index contributed by atoms with van der Waals surface area (Å²) in [5.41, 5.74) is 7.44. The number of piperidine rings is 1. The largest absolute Gasteiger partial charge is 0.356 e. The van der Waals surface area contributed by atoms with Gasteiger partial charge in [0.25, 0.3) is 0 Å². The number of rotatable bonds is 2. The molecule has 0 atom stereocenters. The molecule has 0 aromatic carbocycles. The molecule has 0 amide bonds. The first-order valence-corrected chi connectivity index (χ1v) is 6.48. The highest BCUT2D eigenvalue weighted by Crippen LogP contribution is 2.23. The van der Waals surface area contributed by atoms with Crippen LogP contribution in [-0.2, 0) is 0 Å². The molecular formula is C14H23N3. The van der Waals surface area contributed by atoms with Gasteiger partial charge < -0.3 is 10.6 Å². The zero-order valence-corrected chi connectivity index (χ0v) is 11.1. The summed E-state index contributed by atoms with van der Waals surface area (Å²) in [4.78, 5) is 6.89. The molecule has 94 valence electrons. The molecular weight excluding hydrogens is 210 g/mol. The number of nitrogens with two attached hydrogens (primary N) is 1. The molecule has 0 aliphatic carbocycles. The van der Waals surface area contributed by atoms with Gasteiger partial charge in [0.2, 0.25) is 0 Å². The van der Waals surface area contributed by atoms with E-state index < -0.39 is 0 Å². The predicted molar refractivity (Wildman–Crippen MR) is 72.4 cm³/mol. The molecule has 1 saturated heterocycles. The summed E-state index contributed by atoms with van der Waals surface area (Å²) < 4.78 is 0. The third kappa shape index (κ3) is 2.97.